The van der Waals surface area contributed by atoms with Crippen LogP contribution in [0.5, 0.6) is 0 Å². The van der Waals surface area contributed by atoms with E-state index in [0.717, 1.165) is 19.3 Å². The van der Waals surface area contributed by atoms with Crippen molar-refractivity contribution < 1.29 is 14.7 Å². The number of carbonyl (C=O) groups excluding carboxylic acids is 1. The van der Waals surface area contributed by atoms with Gasteiger partial charge in [-0.3, -0.25) is 0 Å². The standard InChI is InChI=1S/C13H24N2O3/c1-3-6-10(11(16)17)15-12(18)14-9-13(2)7-4-5-8-13/h10H,3-9H2,1-2H3,(H,16,17)(H2,14,15,18)/t10-/m1/s1. The Morgan fingerprint density at radius 2 is 1.94 bits per heavy atom. The van der Waals surface area contributed by atoms with Gasteiger partial charge in [0.15, 0.2) is 0 Å². The summed E-state index contributed by atoms with van der Waals surface area (Å²) >= 11 is 0. The first-order valence-electron chi connectivity index (χ1n) is 6.74. The SMILES string of the molecule is CCC[C@@H](NC(=O)NCC1(C)CCCC1)C(=O)O. The fraction of sp³-hybridized carbons (Fsp3) is 0.846. The normalized spacial score (nSPS) is 19.2. The third-order valence-corrected chi connectivity index (χ3v) is 3.67. The molecular weight excluding hydrogens is 232 g/mol. The maximum Gasteiger partial charge on any atom is 0.326 e. The maximum absolute atomic E-state index is 11.6. The highest BCUT2D eigenvalue weighted by Gasteiger charge is 2.29. The molecule has 0 aromatic rings. The Morgan fingerprint density at radius 3 is 2.44 bits per heavy atom. The summed E-state index contributed by atoms with van der Waals surface area (Å²) in [6, 6.07) is -1.16. The highest BCUT2D eigenvalue weighted by atomic mass is 16.4. The summed E-state index contributed by atoms with van der Waals surface area (Å²) < 4.78 is 0. The molecule has 2 amide bonds. The average molecular weight is 256 g/mol. The topological polar surface area (TPSA) is 78.4 Å². The largest absolute Gasteiger partial charge is 0.480 e. The minimum absolute atomic E-state index is 0.181. The van der Waals surface area contributed by atoms with Crippen LogP contribution in [-0.4, -0.2) is 29.7 Å². The van der Waals surface area contributed by atoms with E-state index in [1.165, 1.54) is 12.8 Å². The lowest BCUT2D eigenvalue weighted by molar-refractivity contribution is -0.139. The van der Waals surface area contributed by atoms with Crippen molar-refractivity contribution in [2.24, 2.45) is 5.41 Å². The molecule has 5 nitrogen and oxygen atoms in total. The lowest BCUT2D eigenvalue weighted by atomic mass is 9.89. The first-order chi connectivity index (χ1) is 8.47. The smallest absolute Gasteiger partial charge is 0.326 e. The summed E-state index contributed by atoms with van der Waals surface area (Å²) in [7, 11) is 0. The van der Waals surface area contributed by atoms with Crippen molar-refractivity contribution in [3.8, 4) is 0 Å². The van der Waals surface area contributed by atoms with Gasteiger partial charge in [0.05, 0.1) is 0 Å². The summed E-state index contributed by atoms with van der Waals surface area (Å²) in [6.07, 6.45) is 5.88. The van der Waals surface area contributed by atoms with Gasteiger partial charge in [0.2, 0.25) is 0 Å². The Hall–Kier alpha value is -1.26. The van der Waals surface area contributed by atoms with Crippen LogP contribution in [-0.2, 0) is 4.79 Å². The molecule has 0 heterocycles. The van der Waals surface area contributed by atoms with Gasteiger partial charge in [0, 0.05) is 6.54 Å². The van der Waals surface area contributed by atoms with Gasteiger partial charge in [-0.05, 0) is 24.7 Å². The van der Waals surface area contributed by atoms with Crippen LogP contribution in [0.2, 0.25) is 0 Å². The number of hydrogen-bond acceptors (Lipinski definition) is 2. The summed E-state index contributed by atoms with van der Waals surface area (Å²) in [5.41, 5.74) is 0.181. The van der Waals surface area contributed by atoms with Crippen molar-refractivity contribution in [3.05, 3.63) is 0 Å². The van der Waals surface area contributed by atoms with Crippen LogP contribution < -0.4 is 10.6 Å². The zero-order chi connectivity index (χ0) is 13.6. The van der Waals surface area contributed by atoms with Crippen LogP contribution in [0.4, 0.5) is 4.79 Å². The number of carbonyl (C=O) groups is 2. The van der Waals surface area contributed by atoms with E-state index >= 15 is 0 Å². The molecule has 0 spiro atoms. The second-order valence-corrected chi connectivity index (χ2v) is 5.52. The summed E-state index contributed by atoms with van der Waals surface area (Å²) in [6.45, 7) is 4.69. The Bertz CT molecular complexity index is 299. The molecule has 0 radical (unpaired) electrons. The van der Waals surface area contributed by atoms with Gasteiger partial charge in [0.1, 0.15) is 6.04 Å². The van der Waals surface area contributed by atoms with Crippen molar-refractivity contribution in [2.75, 3.05) is 6.54 Å². The minimum Gasteiger partial charge on any atom is -0.480 e. The van der Waals surface area contributed by atoms with Gasteiger partial charge in [-0.1, -0.05) is 33.1 Å². The molecule has 0 unspecified atom stereocenters. The highest BCUT2D eigenvalue weighted by Crippen LogP contribution is 2.36. The van der Waals surface area contributed by atoms with E-state index in [1.807, 2.05) is 6.92 Å². The summed E-state index contributed by atoms with van der Waals surface area (Å²) in [4.78, 5) is 22.6. The van der Waals surface area contributed by atoms with Crippen molar-refractivity contribution in [1.29, 1.82) is 0 Å². The molecular formula is C13H24N2O3. The van der Waals surface area contributed by atoms with Crippen LogP contribution in [0.25, 0.3) is 0 Å². The number of urea groups is 1. The van der Waals surface area contributed by atoms with E-state index in [1.54, 1.807) is 0 Å². The quantitative estimate of drug-likeness (QED) is 0.681. The lowest BCUT2D eigenvalue weighted by Gasteiger charge is -2.24. The molecule has 0 bridgehead atoms. The first-order valence-corrected chi connectivity index (χ1v) is 6.74. The van der Waals surface area contributed by atoms with Crippen LogP contribution in [0, 0.1) is 5.41 Å². The number of aliphatic carboxylic acids is 1. The number of carboxylic acid groups (broad SMARTS) is 1. The van der Waals surface area contributed by atoms with Crippen molar-refractivity contribution >= 4 is 12.0 Å². The molecule has 1 saturated carbocycles. The molecule has 0 aromatic heterocycles. The second kappa shape index (κ2) is 6.61. The second-order valence-electron chi connectivity index (χ2n) is 5.52. The van der Waals surface area contributed by atoms with Gasteiger partial charge < -0.3 is 15.7 Å². The van der Waals surface area contributed by atoms with Gasteiger partial charge in [0.25, 0.3) is 0 Å². The number of rotatable bonds is 6. The molecule has 1 aliphatic carbocycles. The van der Waals surface area contributed by atoms with E-state index in [0.29, 0.717) is 13.0 Å². The number of carboxylic acids is 1. The molecule has 3 N–H and O–H groups in total. The predicted molar refractivity (Wildman–Crippen MR) is 69.4 cm³/mol. The van der Waals surface area contributed by atoms with Crippen LogP contribution in [0.15, 0.2) is 0 Å². The van der Waals surface area contributed by atoms with Crippen LogP contribution >= 0.6 is 0 Å². The fourth-order valence-corrected chi connectivity index (χ4v) is 2.45. The average Bonchev–Trinajstić information content (AvgIpc) is 2.73. The predicted octanol–water partition coefficient (Wildman–Crippen LogP) is 2.12. The molecule has 0 aromatic carbocycles. The van der Waals surface area contributed by atoms with Gasteiger partial charge >= 0.3 is 12.0 Å². The van der Waals surface area contributed by atoms with Gasteiger partial charge in [-0.15, -0.1) is 0 Å². The molecule has 0 aliphatic heterocycles. The maximum atomic E-state index is 11.6. The van der Waals surface area contributed by atoms with Crippen molar-refractivity contribution in [3.63, 3.8) is 0 Å². The van der Waals surface area contributed by atoms with Gasteiger partial charge in [-0.25, -0.2) is 9.59 Å². The Labute approximate surface area is 108 Å². The lowest BCUT2D eigenvalue weighted by Crippen LogP contribution is -2.48. The number of amides is 2. The Kier molecular flexibility index (Phi) is 5.44. The van der Waals surface area contributed by atoms with Crippen molar-refractivity contribution in [1.82, 2.24) is 10.6 Å². The molecule has 5 heteroatoms. The Balaban J connectivity index is 2.33. The van der Waals surface area contributed by atoms with Crippen LogP contribution in [0.1, 0.15) is 52.4 Å². The number of nitrogens with one attached hydrogen (secondary N) is 2. The third-order valence-electron chi connectivity index (χ3n) is 3.67. The number of hydrogen-bond donors (Lipinski definition) is 3. The van der Waals surface area contributed by atoms with Crippen molar-refractivity contribution in [2.45, 2.75) is 58.4 Å². The third kappa shape index (κ3) is 4.55. The first kappa shape index (κ1) is 14.8. The fourth-order valence-electron chi connectivity index (χ4n) is 2.45. The highest BCUT2D eigenvalue weighted by molar-refractivity contribution is 5.82. The Morgan fingerprint density at radius 1 is 1.33 bits per heavy atom. The van der Waals surface area contributed by atoms with E-state index in [4.69, 9.17) is 5.11 Å². The van der Waals surface area contributed by atoms with Gasteiger partial charge in [-0.2, -0.15) is 0 Å². The molecule has 1 aliphatic rings. The van der Waals surface area contributed by atoms with E-state index in [-0.39, 0.29) is 11.4 Å². The van der Waals surface area contributed by atoms with E-state index in [9.17, 15) is 9.59 Å². The molecule has 1 fully saturated rings. The summed E-state index contributed by atoms with van der Waals surface area (Å²) in [5.74, 6) is -0.973. The molecule has 1 rings (SSSR count). The molecule has 104 valence electrons. The zero-order valence-corrected chi connectivity index (χ0v) is 11.3. The zero-order valence-electron chi connectivity index (χ0n) is 11.3. The molecule has 0 saturated heterocycles. The van der Waals surface area contributed by atoms with Crippen LogP contribution in [0.3, 0.4) is 0 Å². The molecule has 1 atom stereocenters. The minimum atomic E-state index is -0.973. The monoisotopic (exact) mass is 256 g/mol. The summed E-state index contributed by atoms with van der Waals surface area (Å²) in [5, 5.41) is 14.2. The van der Waals surface area contributed by atoms with E-state index in [2.05, 4.69) is 17.6 Å². The van der Waals surface area contributed by atoms with E-state index < -0.39 is 12.0 Å². The molecule has 18 heavy (non-hydrogen) atoms.